The number of hydrogen-bond acceptors (Lipinski definition) is 6. The van der Waals surface area contributed by atoms with E-state index in [0.717, 1.165) is 11.3 Å². The van der Waals surface area contributed by atoms with Gasteiger partial charge in [0, 0.05) is 4.88 Å². The second kappa shape index (κ2) is 6.75. The van der Waals surface area contributed by atoms with Crippen LogP contribution in [0, 0.1) is 0 Å². The van der Waals surface area contributed by atoms with E-state index in [9.17, 15) is 14.4 Å². The summed E-state index contributed by atoms with van der Waals surface area (Å²) in [5.74, 6) is -0.461. The Morgan fingerprint density at radius 2 is 2.00 bits per heavy atom. The summed E-state index contributed by atoms with van der Waals surface area (Å²) in [5, 5.41) is 0.642. The lowest BCUT2D eigenvalue weighted by molar-refractivity contribution is -0.0775. The summed E-state index contributed by atoms with van der Waals surface area (Å²) in [6.07, 6.45) is -1.15. The smallest absolute Gasteiger partial charge is 0.429 e. The van der Waals surface area contributed by atoms with E-state index in [-0.39, 0.29) is 6.61 Å². The van der Waals surface area contributed by atoms with Crippen molar-refractivity contribution < 1.29 is 24.0 Å². The van der Waals surface area contributed by atoms with Gasteiger partial charge in [0.25, 0.3) is 0 Å². The molecule has 9 heteroatoms. The minimum Gasteiger partial charge on any atom is -0.462 e. The zero-order chi connectivity index (χ0) is 15.3. The Balaban J connectivity index is 2.90. The number of hydrogen-bond donors (Lipinski definition) is 2. The summed E-state index contributed by atoms with van der Waals surface area (Å²) >= 11 is 1.11. The summed E-state index contributed by atoms with van der Waals surface area (Å²) in [5.41, 5.74) is 9.96. The van der Waals surface area contributed by atoms with E-state index in [4.69, 9.17) is 16.2 Å². The second-order valence-electron chi connectivity index (χ2n) is 3.67. The van der Waals surface area contributed by atoms with E-state index in [0.29, 0.717) is 14.8 Å². The summed E-state index contributed by atoms with van der Waals surface area (Å²) in [6.45, 7) is 3.54. The first kappa shape index (κ1) is 15.8. The molecule has 0 saturated heterocycles. The van der Waals surface area contributed by atoms with E-state index < -0.39 is 24.1 Å². The first-order valence-electron chi connectivity index (χ1n) is 5.69. The number of rotatable bonds is 4. The molecule has 20 heavy (non-hydrogen) atoms. The molecule has 1 aromatic heterocycles. The maximum absolute atomic E-state index is 11.5. The monoisotopic (exact) mass is 301 g/mol. The van der Waals surface area contributed by atoms with Gasteiger partial charge >= 0.3 is 18.1 Å². The van der Waals surface area contributed by atoms with Crippen LogP contribution in [-0.2, 0) is 9.57 Å². The van der Waals surface area contributed by atoms with Crippen molar-refractivity contribution >= 4 is 29.4 Å². The van der Waals surface area contributed by atoms with Crippen LogP contribution in [0.2, 0.25) is 0 Å². The number of amides is 3. The SMILES string of the molecule is CCOC(=O)c1ccc(C(C)N(OC(N)=O)C(N)=O)s1. The Labute approximate surface area is 119 Å². The van der Waals surface area contributed by atoms with Gasteiger partial charge in [-0.05, 0) is 26.0 Å². The number of ether oxygens (including phenoxy) is 1. The third-order valence-electron chi connectivity index (χ3n) is 2.27. The predicted molar refractivity (Wildman–Crippen MR) is 70.8 cm³/mol. The molecule has 0 spiro atoms. The number of carbonyl (C=O) groups is 3. The van der Waals surface area contributed by atoms with Gasteiger partial charge in [0.05, 0.1) is 6.61 Å². The highest BCUT2D eigenvalue weighted by Gasteiger charge is 2.25. The second-order valence-corrected chi connectivity index (χ2v) is 4.79. The predicted octanol–water partition coefficient (Wildman–Crippen LogP) is 1.38. The lowest BCUT2D eigenvalue weighted by atomic mass is 10.2. The summed E-state index contributed by atoms with van der Waals surface area (Å²) in [6, 6.07) is 1.52. The number of primary amides is 2. The van der Waals surface area contributed by atoms with Gasteiger partial charge in [0.1, 0.15) is 10.9 Å². The molecule has 8 nitrogen and oxygen atoms in total. The van der Waals surface area contributed by atoms with Gasteiger partial charge in [-0.1, -0.05) is 0 Å². The molecule has 1 aromatic rings. The van der Waals surface area contributed by atoms with Gasteiger partial charge in [-0.3, -0.25) is 0 Å². The van der Waals surface area contributed by atoms with Gasteiger partial charge < -0.3 is 21.0 Å². The molecular formula is C11H15N3O5S. The molecule has 110 valence electrons. The van der Waals surface area contributed by atoms with Gasteiger partial charge in [-0.15, -0.1) is 16.4 Å². The first-order valence-corrected chi connectivity index (χ1v) is 6.51. The Kier molecular flexibility index (Phi) is 5.32. The first-order chi connectivity index (χ1) is 9.36. The van der Waals surface area contributed by atoms with Crippen molar-refractivity contribution in [2.45, 2.75) is 19.9 Å². The topological polar surface area (TPSA) is 125 Å². The van der Waals surface area contributed by atoms with Crippen LogP contribution in [0.3, 0.4) is 0 Å². The molecule has 1 rings (SSSR count). The highest BCUT2D eigenvalue weighted by atomic mass is 32.1. The molecule has 1 unspecified atom stereocenters. The third-order valence-corrected chi connectivity index (χ3v) is 3.51. The molecule has 0 aromatic carbocycles. The van der Waals surface area contributed by atoms with E-state index >= 15 is 0 Å². The molecule has 0 saturated carbocycles. The van der Waals surface area contributed by atoms with Gasteiger partial charge in [0.2, 0.25) is 0 Å². The minimum absolute atomic E-state index is 0.264. The van der Waals surface area contributed by atoms with Crippen LogP contribution < -0.4 is 11.5 Å². The van der Waals surface area contributed by atoms with Crippen LogP contribution in [0.4, 0.5) is 9.59 Å². The molecule has 0 aliphatic heterocycles. The third kappa shape index (κ3) is 3.85. The van der Waals surface area contributed by atoms with Crippen molar-refractivity contribution in [3.8, 4) is 0 Å². The van der Waals surface area contributed by atoms with E-state index in [1.807, 2.05) is 0 Å². The molecule has 3 amide bonds. The highest BCUT2D eigenvalue weighted by molar-refractivity contribution is 7.14. The Morgan fingerprint density at radius 3 is 2.50 bits per heavy atom. The highest BCUT2D eigenvalue weighted by Crippen LogP contribution is 2.28. The van der Waals surface area contributed by atoms with Gasteiger partial charge in [0.15, 0.2) is 0 Å². The summed E-state index contributed by atoms with van der Waals surface area (Å²) in [7, 11) is 0. The molecule has 0 radical (unpaired) electrons. The number of urea groups is 1. The largest absolute Gasteiger partial charge is 0.462 e. The fourth-order valence-electron chi connectivity index (χ4n) is 1.42. The number of hydroxylamine groups is 2. The molecule has 0 aliphatic rings. The Morgan fingerprint density at radius 1 is 1.35 bits per heavy atom. The van der Waals surface area contributed by atoms with E-state index in [1.54, 1.807) is 26.0 Å². The summed E-state index contributed by atoms with van der Waals surface area (Å²) < 4.78 is 4.85. The zero-order valence-corrected chi connectivity index (χ0v) is 11.8. The maximum atomic E-state index is 11.5. The van der Waals surface area contributed by atoms with Crippen LogP contribution >= 0.6 is 11.3 Å². The number of esters is 1. The van der Waals surface area contributed by atoms with Crippen LogP contribution in [0.1, 0.15) is 34.4 Å². The molecule has 0 bridgehead atoms. The van der Waals surface area contributed by atoms with Crippen molar-refractivity contribution in [2.24, 2.45) is 11.5 Å². The quantitative estimate of drug-likeness (QED) is 0.642. The van der Waals surface area contributed by atoms with Crippen LogP contribution in [-0.4, -0.2) is 29.8 Å². The van der Waals surface area contributed by atoms with Crippen molar-refractivity contribution in [3.63, 3.8) is 0 Å². The average molecular weight is 301 g/mol. The van der Waals surface area contributed by atoms with Gasteiger partial charge in [-0.25, -0.2) is 14.4 Å². The van der Waals surface area contributed by atoms with Crippen molar-refractivity contribution in [1.82, 2.24) is 5.06 Å². The molecular weight excluding hydrogens is 286 g/mol. The minimum atomic E-state index is -1.15. The molecule has 0 fully saturated rings. The number of carbonyl (C=O) groups excluding carboxylic acids is 3. The zero-order valence-electron chi connectivity index (χ0n) is 11.0. The van der Waals surface area contributed by atoms with Crippen molar-refractivity contribution in [3.05, 3.63) is 21.9 Å². The standard InChI is InChI=1S/C11H15N3O5S/c1-3-18-9(15)8-5-4-7(20-8)6(2)14(10(12)16)19-11(13)17/h4-6H,3H2,1-2H3,(H2,12,16)(H2,13,17). The Hall–Kier alpha value is -2.29. The number of nitrogens with zero attached hydrogens (tertiary/aromatic N) is 1. The van der Waals surface area contributed by atoms with E-state index in [1.165, 1.54) is 0 Å². The molecule has 4 N–H and O–H groups in total. The lowest BCUT2D eigenvalue weighted by Gasteiger charge is -2.23. The normalized spacial score (nSPS) is 11.5. The lowest BCUT2D eigenvalue weighted by Crippen LogP contribution is -2.40. The van der Waals surface area contributed by atoms with Crippen LogP contribution in [0.5, 0.6) is 0 Å². The maximum Gasteiger partial charge on any atom is 0.429 e. The Bertz CT molecular complexity index is 516. The van der Waals surface area contributed by atoms with E-state index in [2.05, 4.69) is 4.84 Å². The molecule has 1 heterocycles. The molecule has 1 atom stereocenters. The summed E-state index contributed by atoms with van der Waals surface area (Å²) in [4.78, 5) is 39.0. The van der Waals surface area contributed by atoms with Crippen molar-refractivity contribution in [1.29, 1.82) is 0 Å². The average Bonchev–Trinajstić information content (AvgIpc) is 2.84. The fraction of sp³-hybridized carbons (Fsp3) is 0.364. The van der Waals surface area contributed by atoms with Crippen LogP contribution in [0.25, 0.3) is 0 Å². The number of nitrogens with two attached hydrogens (primary N) is 2. The van der Waals surface area contributed by atoms with Crippen LogP contribution in [0.15, 0.2) is 12.1 Å². The molecule has 0 aliphatic carbocycles. The van der Waals surface area contributed by atoms with Crippen molar-refractivity contribution in [2.75, 3.05) is 6.61 Å². The fourth-order valence-corrected chi connectivity index (χ4v) is 2.35. The van der Waals surface area contributed by atoms with Gasteiger partial charge in [-0.2, -0.15) is 0 Å². The number of thiophene rings is 1.